The van der Waals surface area contributed by atoms with Crippen LogP contribution in [-0.2, 0) is 6.18 Å². The summed E-state index contributed by atoms with van der Waals surface area (Å²) in [6, 6.07) is 3.86. The summed E-state index contributed by atoms with van der Waals surface area (Å²) in [7, 11) is 0. The molecule has 13 heteroatoms. The maximum absolute atomic E-state index is 15.0. The first-order chi connectivity index (χ1) is 17.7. The van der Waals surface area contributed by atoms with Crippen LogP contribution in [0, 0.1) is 19.8 Å². The predicted octanol–water partition coefficient (Wildman–Crippen LogP) is 10.1. The van der Waals surface area contributed by atoms with Crippen LogP contribution in [0.3, 0.4) is 0 Å². The van der Waals surface area contributed by atoms with Crippen molar-refractivity contribution in [3.05, 3.63) is 74.8 Å². The van der Waals surface area contributed by atoms with Gasteiger partial charge in [-0.15, -0.1) is 0 Å². The Morgan fingerprint density at radius 2 is 1.54 bits per heavy atom. The quantitative estimate of drug-likeness (QED) is 0.208. The highest BCUT2D eigenvalue weighted by Crippen LogP contribution is 2.41. The second-order valence-electron chi connectivity index (χ2n) is 9.12. The Bertz CT molecular complexity index is 1190. The van der Waals surface area contributed by atoms with Crippen molar-refractivity contribution in [3.8, 4) is 0 Å². The first kappa shape index (κ1) is 33.0. The van der Waals surface area contributed by atoms with Crippen LogP contribution in [0.4, 0.5) is 43.9 Å². The molecule has 2 atom stereocenters. The zero-order chi connectivity index (χ0) is 29.9. The number of ketones is 1. The van der Waals surface area contributed by atoms with Gasteiger partial charge in [-0.25, -0.2) is 4.39 Å². The van der Waals surface area contributed by atoms with Crippen molar-refractivity contribution in [2.24, 2.45) is 5.92 Å². The molecule has 0 saturated carbocycles. The van der Waals surface area contributed by atoms with E-state index in [1.165, 1.54) is 20.8 Å². The molecule has 0 amide bonds. The minimum Gasteiger partial charge on any atom is -0.294 e. The number of benzene rings is 2. The number of alkyl halides is 9. The molecule has 2 aromatic rings. The van der Waals surface area contributed by atoms with Gasteiger partial charge in [0, 0.05) is 22.6 Å². The van der Waals surface area contributed by atoms with Gasteiger partial charge in [0.25, 0.3) is 0 Å². The van der Waals surface area contributed by atoms with Gasteiger partial charge in [-0.2, -0.15) is 51.3 Å². The normalized spacial score (nSPS) is 14.9. The van der Waals surface area contributed by atoms with Crippen LogP contribution in [0.1, 0.15) is 57.4 Å². The van der Waals surface area contributed by atoms with E-state index in [0.29, 0.717) is 29.0 Å². The second kappa shape index (κ2) is 12.5. The van der Waals surface area contributed by atoms with E-state index >= 15 is 4.39 Å². The van der Waals surface area contributed by atoms with Gasteiger partial charge in [-0.3, -0.25) is 4.79 Å². The average molecular weight is 609 g/mol. The lowest BCUT2D eigenvalue weighted by molar-refractivity contribution is -0.140. The predicted molar refractivity (Wildman–Crippen MR) is 132 cm³/mol. The van der Waals surface area contributed by atoms with Gasteiger partial charge in [-0.05, 0) is 54.4 Å². The number of aryl methyl sites for hydroxylation is 2. The Kier molecular flexibility index (Phi) is 10.6. The van der Waals surface area contributed by atoms with Crippen molar-refractivity contribution in [3.63, 3.8) is 0 Å². The van der Waals surface area contributed by atoms with Crippen LogP contribution >= 0.6 is 23.4 Å². The minimum absolute atomic E-state index is 0.148. The molecule has 1 unspecified atom stereocenters. The Morgan fingerprint density at radius 1 is 0.974 bits per heavy atom. The van der Waals surface area contributed by atoms with Crippen molar-refractivity contribution in [1.29, 1.82) is 0 Å². The molecule has 0 heterocycles. The molecule has 0 bridgehead atoms. The molecule has 0 N–H and O–H groups in total. The molecule has 0 aromatic heterocycles. The molecular weight excluding hydrogens is 586 g/mol. The van der Waals surface area contributed by atoms with E-state index in [2.05, 4.69) is 0 Å². The molecule has 0 aliphatic heterocycles. The van der Waals surface area contributed by atoms with Crippen LogP contribution in [0.5, 0.6) is 0 Å². The third kappa shape index (κ3) is 9.44. The molecule has 0 radical (unpaired) electrons. The summed E-state index contributed by atoms with van der Waals surface area (Å²) >= 11 is 6.47. The first-order valence-corrected chi connectivity index (χ1v) is 12.8. The monoisotopic (exact) mass is 608 g/mol. The lowest BCUT2D eigenvalue weighted by Crippen LogP contribution is -2.20. The van der Waals surface area contributed by atoms with Gasteiger partial charge in [0.1, 0.15) is 11.7 Å². The summed E-state index contributed by atoms with van der Waals surface area (Å²) in [5.74, 6) is -7.18. The highest BCUT2D eigenvalue weighted by Gasteiger charge is 2.41. The van der Waals surface area contributed by atoms with Crippen molar-refractivity contribution in [1.82, 2.24) is 0 Å². The number of hydrogen-bond donors (Lipinski definition) is 0. The highest BCUT2D eigenvalue weighted by molar-refractivity contribution is 7.99. The van der Waals surface area contributed by atoms with Crippen LogP contribution < -0.4 is 0 Å². The fourth-order valence-electron chi connectivity index (χ4n) is 3.81. The second-order valence-corrected chi connectivity index (χ2v) is 10.5. The Labute approximate surface area is 227 Å². The molecule has 0 aliphatic rings. The summed E-state index contributed by atoms with van der Waals surface area (Å²) in [4.78, 5) is 12.5. The Morgan fingerprint density at radius 3 is 2.03 bits per heavy atom. The third-order valence-electron chi connectivity index (χ3n) is 5.59. The van der Waals surface area contributed by atoms with Gasteiger partial charge in [0.15, 0.2) is 5.78 Å². The number of carbonyl (C=O) groups excluding carboxylic acids is 1. The topological polar surface area (TPSA) is 17.1 Å². The highest BCUT2D eigenvalue weighted by atomic mass is 35.5. The number of Topliss-reactive ketones (excluding diaryl/α,β-unsaturated/α-hetero) is 1. The van der Waals surface area contributed by atoms with Gasteiger partial charge < -0.3 is 0 Å². The summed E-state index contributed by atoms with van der Waals surface area (Å²) in [5.41, 5.74) is -3.03. The molecular formula is C26H23ClF10OS. The smallest absolute Gasteiger partial charge is 0.294 e. The number of carbonyl (C=O) groups is 1. The number of allylic oxidation sites excluding steroid dienone is 1. The van der Waals surface area contributed by atoms with Crippen LogP contribution in [0.2, 0.25) is 5.02 Å². The van der Waals surface area contributed by atoms with Gasteiger partial charge in [-0.1, -0.05) is 42.8 Å². The molecule has 2 rings (SSSR count). The molecule has 0 spiro atoms. The standard InChI is InChI=1S/C26H23ClF10OS/c1-13(11-39-12-24(29,30)31)6-22(38)18-5-4-16(9-20(18)26(35,36)37)21(28)10-19(25(32,33)34)17-7-14(2)23(27)15(3)8-17/h4-5,7-10,13,19H,6,11-12H2,1-3H3/b21-10-/t13-,19?/m0/s1. The molecule has 2 aromatic carbocycles. The van der Waals surface area contributed by atoms with Gasteiger partial charge >= 0.3 is 18.5 Å². The van der Waals surface area contributed by atoms with Gasteiger partial charge in [0.2, 0.25) is 0 Å². The van der Waals surface area contributed by atoms with Crippen molar-refractivity contribution >= 4 is 35.0 Å². The maximum Gasteiger partial charge on any atom is 0.417 e. The number of rotatable bonds is 9. The van der Waals surface area contributed by atoms with E-state index in [9.17, 15) is 44.3 Å². The van der Waals surface area contributed by atoms with E-state index in [-0.39, 0.29) is 28.5 Å². The van der Waals surface area contributed by atoms with E-state index in [1.807, 2.05) is 0 Å². The Balaban J connectivity index is 2.42. The minimum atomic E-state index is -5.16. The summed E-state index contributed by atoms with van der Waals surface area (Å²) in [6.45, 7) is 4.30. The van der Waals surface area contributed by atoms with E-state index in [0.717, 1.165) is 18.2 Å². The zero-order valence-electron chi connectivity index (χ0n) is 20.7. The molecule has 0 aliphatic carbocycles. The zero-order valence-corrected chi connectivity index (χ0v) is 22.3. The third-order valence-corrected chi connectivity index (χ3v) is 7.52. The van der Waals surface area contributed by atoms with Crippen molar-refractivity contribution in [2.45, 2.75) is 51.6 Å². The fourth-order valence-corrected chi connectivity index (χ4v) is 4.79. The molecule has 39 heavy (non-hydrogen) atoms. The van der Waals surface area contributed by atoms with Gasteiger partial charge in [0.05, 0.1) is 11.3 Å². The lowest BCUT2D eigenvalue weighted by atomic mass is 9.92. The molecule has 0 saturated heterocycles. The molecule has 1 nitrogen and oxygen atoms in total. The SMILES string of the molecule is Cc1cc(C(/C=C(\F)c2ccc(C(=O)C[C@H](C)CSCC(F)(F)F)c(C(F)(F)F)c2)C(F)(F)F)cc(C)c1Cl. The van der Waals surface area contributed by atoms with Crippen LogP contribution in [-0.4, -0.2) is 29.6 Å². The van der Waals surface area contributed by atoms with Crippen molar-refractivity contribution < 1.29 is 48.7 Å². The fraction of sp³-hybridized carbons (Fsp3) is 0.423. The Hall–Kier alpha value is -2.21. The van der Waals surface area contributed by atoms with E-state index in [4.69, 9.17) is 11.6 Å². The van der Waals surface area contributed by atoms with Crippen molar-refractivity contribution in [2.75, 3.05) is 11.5 Å². The molecule has 0 fully saturated rings. The average Bonchev–Trinajstić information content (AvgIpc) is 2.77. The summed E-state index contributed by atoms with van der Waals surface area (Å²) in [6.07, 6.45) is -15.0. The lowest BCUT2D eigenvalue weighted by Gasteiger charge is -2.20. The van der Waals surface area contributed by atoms with E-state index < -0.39 is 70.8 Å². The first-order valence-electron chi connectivity index (χ1n) is 11.3. The number of hydrogen-bond acceptors (Lipinski definition) is 2. The summed E-state index contributed by atoms with van der Waals surface area (Å²) in [5, 5.41) is 0.215. The number of halogens is 11. The largest absolute Gasteiger partial charge is 0.417 e. The van der Waals surface area contributed by atoms with Crippen LogP contribution in [0.15, 0.2) is 36.4 Å². The maximum atomic E-state index is 15.0. The molecule has 216 valence electrons. The van der Waals surface area contributed by atoms with E-state index in [1.54, 1.807) is 0 Å². The summed E-state index contributed by atoms with van der Waals surface area (Å²) < 4.78 is 135. The number of thioether (sulfide) groups is 1. The van der Waals surface area contributed by atoms with Crippen LogP contribution in [0.25, 0.3) is 5.83 Å².